The minimum atomic E-state index is -1.14. The molecule has 4 aliphatic carbocycles. The molecular weight excluding hydrogens is 598 g/mol. The van der Waals surface area contributed by atoms with Crippen molar-refractivity contribution in [2.75, 3.05) is 26.4 Å². The Kier molecular flexibility index (Phi) is 14.5. The van der Waals surface area contributed by atoms with Gasteiger partial charge >= 0.3 is 5.97 Å². The number of carbonyl (C=O) groups excluding carboxylic acids is 1. The molecule has 4 saturated carbocycles. The van der Waals surface area contributed by atoms with Crippen LogP contribution in [0.15, 0.2) is 0 Å². The van der Waals surface area contributed by atoms with Crippen LogP contribution in [0.4, 0.5) is 0 Å². The number of carbonyl (C=O) groups is 2. The molecule has 0 aromatic heterocycles. The van der Waals surface area contributed by atoms with Gasteiger partial charge in [-0.2, -0.15) is 5.48 Å². The van der Waals surface area contributed by atoms with Gasteiger partial charge < -0.3 is 24.7 Å². The predicted octanol–water partition coefficient (Wildman–Crippen LogP) is 4.75. The minimum Gasteiger partial charge on any atom is -0.481 e. The van der Waals surface area contributed by atoms with Gasteiger partial charge in [0, 0.05) is 35.3 Å². The fraction of sp³-hybridized carbons (Fsp3) is 0.939. The van der Waals surface area contributed by atoms with E-state index in [9.17, 15) is 24.8 Å². The number of hydrogen-bond acceptors (Lipinski definition) is 10. The number of hydroxylamine groups is 1. The third-order valence-electron chi connectivity index (χ3n) is 10.8. The van der Waals surface area contributed by atoms with Crippen molar-refractivity contribution in [1.82, 2.24) is 10.8 Å². The number of carboxylic acids is 1. The normalized spacial score (nSPS) is 34.1. The highest BCUT2D eigenvalue weighted by Gasteiger charge is 2.44. The second-order valence-corrected chi connectivity index (χ2v) is 15.1. The highest BCUT2D eigenvalue weighted by molar-refractivity contribution is 5.85. The van der Waals surface area contributed by atoms with Gasteiger partial charge in [-0.3, -0.25) is 25.0 Å². The summed E-state index contributed by atoms with van der Waals surface area (Å²) in [5.74, 6) is -2.40. The summed E-state index contributed by atoms with van der Waals surface area (Å²) in [5.41, 5.74) is 3.14. The third kappa shape index (κ3) is 11.4. The molecule has 5 unspecified atom stereocenters. The quantitative estimate of drug-likeness (QED) is 0.102. The van der Waals surface area contributed by atoms with Crippen molar-refractivity contribution in [2.24, 2.45) is 29.1 Å². The summed E-state index contributed by atoms with van der Waals surface area (Å²) < 4.78 is 12.6. The summed E-state index contributed by atoms with van der Waals surface area (Å²) in [6.45, 7) is 6.56. The van der Waals surface area contributed by atoms with Crippen molar-refractivity contribution >= 4 is 11.9 Å². The largest absolute Gasteiger partial charge is 0.481 e. The van der Waals surface area contributed by atoms with Crippen LogP contribution in [-0.4, -0.2) is 83.9 Å². The molecule has 0 aromatic carbocycles. The van der Waals surface area contributed by atoms with Crippen LogP contribution in [0.1, 0.15) is 110 Å². The first-order chi connectivity index (χ1) is 22.0. The molecule has 46 heavy (non-hydrogen) atoms. The molecule has 4 aliphatic rings. The number of nitro groups is 1. The maximum absolute atomic E-state index is 12.9. The first-order valence-corrected chi connectivity index (χ1v) is 17.6. The molecule has 0 spiro atoms. The molecule has 13 nitrogen and oxygen atoms in total. The summed E-state index contributed by atoms with van der Waals surface area (Å²) in [6, 6.07) is -0.606. The maximum Gasteiger partial charge on any atom is 0.307 e. The molecular formula is C33H57N3O10. The lowest BCUT2D eigenvalue weighted by molar-refractivity contribution is -0.528. The Balaban J connectivity index is 1.07. The Morgan fingerprint density at radius 3 is 1.91 bits per heavy atom. The zero-order valence-electron chi connectivity index (χ0n) is 27.7. The van der Waals surface area contributed by atoms with Crippen molar-refractivity contribution in [1.29, 1.82) is 0 Å². The van der Waals surface area contributed by atoms with Crippen LogP contribution >= 0.6 is 0 Å². The van der Waals surface area contributed by atoms with Crippen molar-refractivity contribution < 1.29 is 44.1 Å². The molecule has 4 rings (SSSR count). The molecule has 0 saturated heterocycles. The van der Waals surface area contributed by atoms with Crippen LogP contribution in [0.3, 0.4) is 0 Å². The van der Waals surface area contributed by atoms with E-state index in [1.807, 2.05) is 0 Å². The van der Waals surface area contributed by atoms with E-state index in [1.54, 1.807) is 0 Å². The molecule has 4 fully saturated rings. The molecule has 0 aromatic rings. The molecule has 1 amide bonds. The molecule has 0 aliphatic heterocycles. The molecule has 5 atom stereocenters. The Labute approximate surface area is 272 Å². The van der Waals surface area contributed by atoms with Gasteiger partial charge in [0.05, 0.1) is 50.5 Å². The van der Waals surface area contributed by atoms with E-state index < -0.39 is 28.8 Å². The first kappa shape index (κ1) is 36.9. The van der Waals surface area contributed by atoms with Crippen LogP contribution in [0.5, 0.6) is 0 Å². The van der Waals surface area contributed by atoms with Crippen LogP contribution in [0, 0.1) is 39.2 Å². The highest BCUT2D eigenvalue weighted by atomic mass is 17.1. The predicted molar refractivity (Wildman–Crippen MR) is 168 cm³/mol. The van der Waals surface area contributed by atoms with Crippen LogP contribution < -0.4 is 10.8 Å². The monoisotopic (exact) mass is 655 g/mol. The van der Waals surface area contributed by atoms with Gasteiger partial charge in [-0.05, 0) is 82.5 Å². The molecule has 13 heteroatoms. The Morgan fingerprint density at radius 2 is 1.37 bits per heavy atom. The molecule has 4 N–H and O–H groups in total. The van der Waals surface area contributed by atoms with Crippen LogP contribution in [-0.2, 0) is 28.8 Å². The summed E-state index contributed by atoms with van der Waals surface area (Å²) in [5, 5.41) is 32.6. The first-order valence-electron chi connectivity index (χ1n) is 17.6. The second kappa shape index (κ2) is 18.0. The highest BCUT2D eigenvalue weighted by Crippen LogP contribution is 2.34. The lowest BCUT2D eigenvalue weighted by Crippen LogP contribution is -2.48. The zero-order chi connectivity index (χ0) is 33.1. The number of rotatable bonds is 16. The van der Waals surface area contributed by atoms with E-state index in [0.717, 1.165) is 64.2 Å². The van der Waals surface area contributed by atoms with E-state index in [2.05, 4.69) is 29.5 Å². The van der Waals surface area contributed by atoms with Crippen molar-refractivity contribution in [3.8, 4) is 0 Å². The number of nitrogens with one attached hydrogen (secondary N) is 2. The third-order valence-corrected chi connectivity index (χ3v) is 10.8. The smallest absolute Gasteiger partial charge is 0.307 e. The van der Waals surface area contributed by atoms with Gasteiger partial charge in [0.2, 0.25) is 11.9 Å². The summed E-state index contributed by atoms with van der Waals surface area (Å²) in [4.78, 5) is 45.7. The fourth-order valence-electron chi connectivity index (χ4n) is 7.78. The van der Waals surface area contributed by atoms with E-state index in [-0.39, 0.29) is 48.8 Å². The maximum atomic E-state index is 12.9. The van der Waals surface area contributed by atoms with Gasteiger partial charge in [0.25, 0.3) is 0 Å². The van der Waals surface area contributed by atoms with E-state index >= 15 is 0 Å². The van der Waals surface area contributed by atoms with E-state index in [0.29, 0.717) is 44.3 Å². The molecule has 0 bridgehead atoms. The molecule has 264 valence electrons. The van der Waals surface area contributed by atoms with E-state index in [1.165, 1.54) is 12.8 Å². The lowest BCUT2D eigenvalue weighted by Gasteiger charge is -2.35. The standard InChI is InChI=1S/C33H57N3O10/c1-33(2,21-44-28-14-9-25(10-15-28)35-45-18-22-5-3-4-6-23(22)19-46-42)20-43-27-12-7-24(8-13-27)34-31(37)29-16-11-26(36(40)41)17-30(29)32(38)39/h22-30,35,42H,3-21H2,1-2H3,(H,34,37)(H,38,39). The minimum absolute atomic E-state index is 0.0357. The van der Waals surface area contributed by atoms with Crippen molar-refractivity contribution in [2.45, 2.75) is 140 Å². The van der Waals surface area contributed by atoms with Gasteiger partial charge in [-0.25, -0.2) is 4.89 Å². The number of aliphatic carboxylic acids is 1. The summed E-state index contributed by atoms with van der Waals surface area (Å²) in [7, 11) is 0. The lowest BCUT2D eigenvalue weighted by atomic mass is 9.76. The second-order valence-electron chi connectivity index (χ2n) is 15.1. The Hall–Kier alpha value is -1.90. The fourth-order valence-corrected chi connectivity index (χ4v) is 7.78. The van der Waals surface area contributed by atoms with Gasteiger partial charge in [0.15, 0.2) is 0 Å². The number of amides is 1. The molecule has 0 heterocycles. The van der Waals surface area contributed by atoms with Gasteiger partial charge in [-0.1, -0.05) is 26.7 Å². The van der Waals surface area contributed by atoms with E-state index in [4.69, 9.17) is 19.6 Å². The van der Waals surface area contributed by atoms with Crippen LogP contribution in [0.2, 0.25) is 0 Å². The SMILES string of the molecule is CC(C)(COC1CCC(NOCC2CCCCC2COO)CC1)COC1CCC(NC(=O)C2CCC([N+](=O)[O-])CC2C(=O)O)CC1. The van der Waals surface area contributed by atoms with Crippen LogP contribution in [0.25, 0.3) is 0 Å². The number of nitrogens with zero attached hydrogens (tertiary/aromatic N) is 1. The van der Waals surface area contributed by atoms with Crippen molar-refractivity contribution in [3.63, 3.8) is 0 Å². The summed E-state index contributed by atoms with van der Waals surface area (Å²) >= 11 is 0. The topological polar surface area (TPSA) is 179 Å². The zero-order valence-corrected chi connectivity index (χ0v) is 27.7. The number of ether oxygens (including phenoxy) is 2. The Bertz CT molecular complexity index is 965. The van der Waals surface area contributed by atoms with Gasteiger partial charge in [-0.15, -0.1) is 0 Å². The number of carboxylic acid groups (broad SMARTS) is 1. The average Bonchev–Trinajstić information content (AvgIpc) is 3.04. The number of hydrogen-bond donors (Lipinski definition) is 4. The van der Waals surface area contributed by atoms with Crippen molar-refractivity contribution in [3.05, 3.63) is 10.1 Å². The Morgan fingerprint density at radius 1 is 0.804 bits per heavy atom. The average molecular weight is 656 g/mol. The molecule has 0 radical (unpaired) electrons. The summed E-state index contributed by atoms with van der Waals surface area (Å²) in [6.07, 6.45) is 12.4. The van der Waals surface area contributed by atoms with Gasteiger partial charge in [0.1, 0.15) is 0 Å².